The Balaban J connectivity index is 1.60. The normalized spacial score (nSPS) is 19.4. The number of hydrogen-bond acceptors (Lipinski definition) is 1. The van der Waals surface area contributed by atoms with Crippen LogP contribution in [0.25, 0.3) is 0 Å². The smallest absolute Gasteiger partial charge is 0.226 e. The van der Waals surface area contributed by atoms with Crippen LogP contribution in [-0.4, -0.2) is 23.9 Å². The fourth-order valence-corrected chi connectivity index (χ4v) is 3.43. The summed E-state index contributed by atoms with van der Waals surface area (Å²) in [4.78, 5) is 14.7. The second-order valence-electron chi connectivity index (χ2n) is 6.12. The average molecular weight is 328 g/mol. The number of carbonyl (C=O) groups is 1. The highest BCUT2D eigenvalue weighted by molar-refractivity contribution is 6.31. The molecule has 0 saturated heterocycles. The lowest BCUT2D eigenvalue weighted by molar-refractivity contribution is -0.132. The van der Waals surface area contributed by atoms with Crippen LogP contribution in [0.2, 0.25) is 5.02 Å². The summed E-state index contributed by atoms with van der Waals surface area (Å²) in [5, 5.41) is 0.778. The summed E-state index contributed by atoms with van der Waals surface area (Å²) in [6.45, 7) is 3.60. The molecule has 0 heterocycles. The monoisotopic (exact) mass is 327 g/mol. The number of nitrogens with zero attached hydrogens (tertiary/aromatic N) is 1. The van der Waals surface area contributed by atoms with Gasteiger partial charge in [0.15, 0.2) is 0 Å². The third-order valence-electron chi connectivity index (χ3n) is 4.62. The number of benzene rings is 2. The fourth-order valence-electron chi connectivity index (χ4n) is 3.15. The van der Waals surface area contributed by atoms with Gasteiger partial charge in [0.25, 0.3) is 0 Å². The second-order valence-corrected chi connectivity index (χ2v) is 6.53. The lowest BCUT2D eigenvalue weighted by Gasteiger charge is -2.21. The van der Waals surface area contributed by atoms with E-state index in [1.807, 2.05) is 47.4 Å². The molecule has 1 fully saturated rings. The summed E-state index contributed by atoms with van der Waals surface area (Å²) >= 11 is 6.26. The van der Waals surface area contributed by atoms with E-state index in [2.05, 4.69) is 19.1 Å². The Labute approximate surface area is 143 Å². The number of halogens is 1. The van der Waals surface area contributed by atoms with Crippen molar-refractivity contribution < 1.29 is 4.79 Å². The molecule has 23 heavy (non-hydrogen) atoms. The van der Waals surface area contributed by atoms with Gasteiger partial charge < -0.3 is 4.90 Å². The molecule has 0 N–H and O–H groups in total. The van der Waals surface area contributed by atoms with Crippen LogP contribution in [0.4, 0.5) is 0 Å². The number of carbonyl (C=O) groups excluding carboxylic acids is 1. The summed E-state index contributed by atoms with van der Waals surface area (Å²) in [7, 11) is 0. The third-order valence-corrected chi connectivity index (χ3v) is 4.96. The minimum absolute atomic E-state index is 0.102. The van der Waals surface area contributed by atoms with E-state index in [1.54, 1.807) is 0 Å². The van der Waals surface area contributed by atoms with Crippen molar-refractivity contribution in [3.8, 4) is 0 Å². The average Bonchev–Trinajstić information content (AvgIpc) is 3.37. The molecule has 2 nitrogen and oxygen atoms in total. The van der Waals surface area contributed by atoms with Crippen LogP contribution in [0.3, 0.4) is 0 Å². The van der Waals surface area contributed by atoms with Crippen LogP contribution in [0, 0.1) is 5.92 Å². The molecule has 2 aromatic carbocycles. The zero-order valence-electron chi connectivity index (χ0n) is 13.4. The van der Waals surface area contributed by atoms with Crippen molar-refractivity contribution in [2.75, 3.05) is 13.1 Å². The van der Waals surface area contributed by atoms with Crippen molar-refractivity contribution in [1.82, 2.24) is 4.90 Å². The summed E-state index contributed by atoms with van der Waals surface area (Å²) in [6.07, 6.45) is 1.83. The molecule has 0 aliphatic heterocycles. The van der Waals surface area contributed by atoms with E-state index in [1.165, 1.54) is 5.56 Å². The van der Waals surface area contributed by atoms with Gasteiger partial charge in [-0.1, -0.05) is 60.1 Å². The quantitative estimate of drug-likeness (QED) is 0.763. The fraction of sp³-hybridized carbons (Fsp3) is 0.350. The van der Waals surface area contributed by atoms with Crippen LogP contribution < -0.4 is 0 Å². The minimum atomic E-state index is 0.102. The van der Waals surface area contributed by atoms with Gasteiger partial charge in [-0.2, -0.15) is 0 Å². The lowest BCUT2D eigenvalue weighted by Crippen LogP contribution is -2.34. The maximum absolute atomic E-state index is 12.7. The Bertz CT molecular complexity index is 670. The molecule has 0 aromatic heterocycles. The Morgan fingerprint density at radius 2 is 1.83 bits per heavy atom. The largest absolute Gasteiger partial charge is 0.342 e. The number of likely N-dealkylation sites (N-methyl/N-ethyl adjacent to an activating group) is 1. The molecule has 0 spiro atoms. The van der Waals surface area contributed by atoms with Gasteiger partial charge in [-0.25, -0.2) is 0 Å². The first kappa shape index (κ1) is 16.1. The van der Waals surface area contributed by atoms with Crippen molar-refractivity contribution in [1.29, 1.82) is 0 Å². The molecule has 2 aromatic rings. The molecule has 2 atom stereocenters. The first-order chi connectivity index (χ1) is 11.2. The topological polar surface area (TPSA) is 20.3 Å². The van der Waals surface area contributed by atoms with Crippen LogP contribution in [0.5, 0.6) is 0 Å². The molecule has 0 radical (unpaired) electrons. The Morgan fingerprint density at radius 3 is 2.52 bits per heavy atom. The summed E-state index contributed by atoms with van der Waals surface area (Å²) in [5.41, 5.74) is 2.39. The van der Waals surface area contributed by atoms with Gasteiger partial charge in [0.2, 0.25) is 5.91 Å². The van der Waals surface area contributed by atoms with Crippen molar-refractivity contribution in [3.63, 3.8) is 0 Å². The van der Waals surface area contributed by atoms with Gasteiger partial charge in [-0.05, 0) is 42.9 Å². The minimum Gasteiger partial charge on any atom is -0.342 e. The standard InChI is InChI=1S/C20H22ClNO/c1-2-22(13-12-15-8-4-3-5-9-15)20(23)18-14-17(18)16-10-6-7-11-19(16)21/h3-11,17-18H,2,12-14H2,1H3. The molecule has 1 amide bonds. The number of rotatable bonds is 6. The van der Waals surface area contributed by atoms with Crippen LogP contribution in [-0.2, 0) is 11.2 Å². The van der Waals surface area contributed by atoms with Gasteiger partial charge in [0, 0.05) is 24.0 Å². The van der Waals surface area contributed by atoms with Crippen molar-refractivity contribution in [2.45, 2.75) is 25.7 Å². The molecule has 3 rings (SSSR count). The van der Waals surface area contributed by atoms with E-state index in [4.69, 9.17) is 11.6 Å². The SMILES string of the molecule is CCN(CCc1ccccc1)C(=O)C1CC1c1ccccc1Cl. The molecule has 1 saturated carbocycles. The van der Waals surface area contributed by atoms with Crippen molar-refractivity contribution in [2.24, 2.45) is 5.92 Å². The lowest BCUT2D eigenvalue weighted by atomic mass is 10.1. The predicted molar refractivity (Wildman–Crippen MR) is 94.7 cm³/mol. The van der Waals surface area contributed by atoms with Crippen molar-refractivity contribution in [3.05, 3.63) is 70.7 Å². The van der Waals surface area contributed by atoms with E-state index in [9.17, 15) is 4.79 Å². The summed E-state index contributed by atoms with van der Waals surface area (Å²) < 4.78 is 0. The molecule has 0 bridgehead atoms. The molecule has 1 aliphatic carbocycles. The first-order valence-corrected chi connectivity index (χ1v) is 8.65. The third kappa shape index (κ3) is 3.76. The first-order valence-electron chi connectivity index (χ1n) is 8.28. The van der Waals surface area contributed by atoms with Gasteiger partial charge in [0.1, 0.15) is 0 Å². The van der Waals surface area contributed by atoms with E-state index < -0.39 is 0 Å². The number of hydrogen-bond donors (Lipinski definition) is 0. The van der Waals surface area contributed by atoms with Crippen LogP contribution in [0.1, 0.15) is 30.4 Å². The van der Waals surface area contributed by atoms with Gasteiger partial charge in [-0.15, -0.1) is 0 Å². The van der Waals surface area contributed by atoms with E-state index in [0.717, 1.165) is 36.5 Å². The van der Waals surface area contributed by atoms with Gasteiger partial charge in [0.05, 0.1) is 0 Å². The molecule has 2 unspecified atom stereocenters. The Kier molecular flexibility index (Phi) is 5.02. The van der Waals surface area contributed by atoms with Gasteiger partial charge >= 0.3 is 0 Å². The van der Waals surface area contributed by atoms with Crippen LogP contribution >= 0.6 is 11.6 Å². The van der Waals surface area contributed by atoms with Gasteiger partial charge in [-0.3, -0.25) is 4.79 Å². The molecule has 120 valence electrons. The Hall–Kier alpha value is -1.80. The van der Waals surface area contributed by atoms with E-state index >= 15 is 0 Å². The Morgan fingerprint density at radius 1 is 1.13 bits per heavy atom. The highest BCUT2D eigenvalue weighted by Gasteiger charge is 2.46. The highest BCUT2D eigenvalue weighted by Crippen LogP contribution is 2.50. The molecule has 1 aliphatic rings. The predicted octanol–water partition coefficient (Wildman–Crippen LogP) is 4.53. The summed E-state index contributed by atoms with van der Waals surface area (Å²) in [6, 6.07) is 18.2. The van der Waals surface area contributed by atoms with Crippen LogP contribution in [0.15, 0.2) is 54.6 Å². The molecular formula is C20H22ClNO. The van der Waals surface area contributed by atoms with Crippen molar-refractivity contribution >= 4 is 17.5 Å². The zero-order valence-corrected chi connectivity index (χ0v) is 14.2. The second kappa shape index (κ2) is 7.18. The van der Waals surface area contributed by atoms with E-state index in [0.29, 0.717) is 5.92 Å². The van der Waals surface area contributed by atoms with E-state index in [-0.39, 0.29) is 11.8 Å². The maximum Gasteiger partial charge on any atom is 0.226 e. The maximum atomic E-state index is 12.7. The molecular weight excluding hydrogens is 306 g/mol. The zero-order chi connectivity index (χ0) is 16.2. The summed E-state index contributed by atoms with van der Waals surface area (Å²) in [5.74, 6) is 0.668. The number of amides is 1. The molecule has 3 heteroatoms. The highest BCUT2D eigenvalue weighted by atomic mass is 35.5.